The van der Waals surface area contributed by atoms with E-state index >= 15 is 0 Å². The van der Waals surface area contributed by atoms with E-state index < -0.39 is 0 Å². The highest BCUT2D eigenvalue weighted by atomic mass is 35.5. The Kier molecular flexibility index (Phi) is 7.58. The predicted octanol–water partition coefficient (Wildman–Crippen LogP) is 2.71. The number of hydrogen-bond acceptors (Lipinski definition) is 4. The lowest BCUT2D eigenvalue weighted by Crippen LogP contribution is -2.39. The molecule has 0 aromatic carbocycles. The number of carbonyl (C=O) groups is 1. The highest BCUT2D eigenvalue weighted by molar-refractivity contribution is 5.98. The number of anilines is 1. The van der Waals surface area contributed by atoms with E-state index in [9.17, 15) is 4.79 Å². The summed E-state index contributed by atoms with van der Waals surface area (Å²) in [7, 11) is 0. The first-order chi connectivity index (χ1) is 10.1. The van der Waals surface area contributed by atoms with E-state index in [0.717, 1.165) is 19.5 Å². The van der Waals surface area contributed by atoms with E-state index in [-0.39, 0.29) is 36.8 Å². The van der Waals surface area contributed by atoms with Crippen LogP contribution in [-0.4, -0.2) is 47.0 Å². The van der Waals surface area contributed by atoms with E-state index in [1.165, 1.54) is 12.8 Å². The number of pyridine rings is 1. The number of likely N-dealkylation sites (tertiary alicyclic amines) is 1. The van der Waals surface area contributed by atoms with Crippen molar-refractivity contribution in [3.8, 4) is 0 Å². The molecule has 2 saturated heterocycles. The van der Waals surface area contributed by atoms with Crippen LogP contribution in [0.3, 0.4) is 0 Å². The van der Waals surface area contributed by atoms with Crippen molar-refractivity contribution in [2.24, 2.45) is 0 Å². The van der Waals surface area contributed by atoms with Gasteiger partial charge in [-0.3, -0.25) is 4.79 Å². The summed E-state index contributed by atoms with van der Waals surface area (Å²) >= 11 is 0. The Hall–Kier alpha value is -1.04. The van der Waals surface area contributed by atoms with Gasteiger partial charge in [0.25, 0.3) is 5.91 Å². The zero-order valence-corrected chi connectivity index (χ0v) is 15.3. The number of aromatic nitrogens is 1. The fourth-order valence-electron chi connectivity index (χ4n) is 3.26. The number of nitrogens with one attached hydrogen (secondary N) is 2. The number of carbonyl (C=O) groups excluding carboxylic acids is 1. The average molecular weight is 361 g/mol. The Balaban J connectivity index is 0.00000132. The molecule has 2 bridgehead atoms. The van der Waals surface area contributed by atoms with Crippen molar-refractivity contribution in [2.45, 2.75) is 51.2 Å². The molecule has 2 aliphatic rings. The third-order valence-corrected chi connectivity index (χ3v) is 4.27. The van der Waals surface area contributed by atoms with Gasteiger partial charge in [0.15, 0.2) is 0 Å². The Morgan fingerprint density at radius 3 is 2.78 bits per heavy atom. The van der Waals surface area contributed by atoms with Crippen LogP contribution < -0.4 is 10.6 Å². The lowest BCUT2D eigenvalue weighted by atomic mass is 10.1. The van der Waals surface area contributed by atoms with Crippen LogP contribution in [0.1, 0.15) is 43.5 Å². The average Bonchev–Trinajstić information content (AvgIpc) is 2.77. The summed E-state index contributed by atoms with van der Waals surface area (Å²) in [5.74, 6) is 0.792. The van der Waals surface area contributed by atoms with Crippen LogP contribution in [0.15, 0.2) is 18.3 Å². The van der Waals surface area contributed by atoms with Crippen LogP contribution >= 0.6 is 24.8 Å². The number of rotatable bonds is 3. The third-order valence-electron chi connectivity index (χ3n) is 4.27. The van der Waals surface area contributed by atoms with Gasteiger partial charge in [-0.1, -0.05) is 0 Å². The van der Waals surface area contributed by atoms with Crippen molar-refractivity contribution in [1.29, 1.82) is 0 Å². The van der Waals surface area contributed by atoms with Crippen LogP contribution in [0.25, 0.3) is 0 Å². The molecule has 3 heterocycles. The fourth-order valence-corrected chi connectivity index (χ4v) is 3.26. The largest absolute Gasteiger partial charge is 0.367 e. The maximum Gasteiger partial charge on any atom is 0.257 e. The van der Waals surface area contributed by atoms with Gasteiger partial charge in [-0.25, -0.2) is 4.98 Å². The van der Waals surface area contributed by atoms with Gasteiger partial charge in [0.1, 0.15) is 5.82 Å². The fraction of sp³-hybridized carbons (Fsp3) is 0.625. The Bertz CT molecular complexity index is 527. The molecule has 0 saturated carbocycles. The van der Waals surface area contributed by atoms with Gasteiger partial charge >= 0.3 is 0 Å². The molecule has 2 unspecified atom stereocenters. The first kappa shape index (κ1) is 20.0. The summed E-state index contributed by atoms with van der Waals surface area (Å²) in [6.45, 7) is 5.75. The van der Waals surface area contributed by atoms with Gasteiger partial charge in [-0.2, -0.15) is 0 Å². The lowest BCUT2D eigenvalue weighted by molar-refractivity contribution is 0.0748. The molecule has 2 aliphatic heterocycles. The molecule has 1 aromatic rings. The number of nitrogens with zero attached hydrogens (tertiary/aromatic N) is 2. The second kappa shape index (κ2) is 8.71. The second-order valence-electron chi connectivity index (χ2n) is 6.38. The van der Waals surface area contributed by atoms with Crippen molar-refractivity contribution < 1.29 is 4.79 Å². The molecule has 0 radical (unpaired) electrons. The predicted molar refractivity (Wildman–Crippen MR) is 98.0 cm³/mol. The second-order valence-corrected chi connectivity index (χ2v) is 6.38. The van der Waals surface area contributed by atoms with E-state index in [4.69, 9.17) is 0 Å². The SMILES string of the molecule is CC(C)Nc1ncccc1C(=O)N1CCC2CCC(C1)N2.Cl.Cl. The number of fused-ring (bicyclic) bond motifs is 2. The van der Waals surface area contributed by atoms with E-state index in [1.807, 2.05) is 17.0 Å². The molecule has 2 fully saturated rings. The molecule has 130 valence electrons. The van der Waals surface area contributed by atoms with Crippen LogP contribution in [0.4, 0.5) is 5.82 Å². The van der Waals surface area contributed by atoms with Gasteiger partial charge in [0, 0.05) is 37.4 Å². The minimum Gasteiger partial charge on any atom is -0.367 e. The van der Waals surface area contributed by atoms with Crippen molar-refractivity contribution in [3.05, 3.63) is 23.9 Å². The zero-order chi connectivity index (χ0) is 14.8. The monoisotopic (exact) mass is 360 g/mol. The van der Waals surface area contributed by atoms with Crippen LogP contribution in [0.2, 0.25) is 0 Å². The maximum atomic E-state index is 12.8. The summed E-state index contributed by atoms with van der Waals surface area (Å²) in [5, 5.41) is 6.88. The van der Waals surface area contributed by atoms with E-state index in [1.54, 1.807) is 6.20 Å². The van der Waals surface area contributed by atoms with E-state index in [2.05, 4.69) is 29.5 Å². The molecule has 5 nitrogen and oxygen atoms in total. The van der Waals surface area contributed by atoms with Crippen LogP contribution in [-0.2, 0) is 0 Å². The molecule has 3 rings (SSSR count). The molecule has 0 spiro atoms. The first-order valence-electron chi connectivity index (χ1n) is 7.90. The number of halogens is 2. The molecular weight excluding hydrogens is 335 g/mol. The zero-order valence-electron chi connectivity index (χ0n) is 13.6. The molecule has 2 N–H and O–H groups in total. The summed E-state index contributed by atoms with van der Waals surface area (Å²) in [6.07, 6.45) is 5.21. The van der Waals surface area contributed by atoms with Gasteiger partial charge in [0.2, 0.25) is 0 Å². The minimum absolute atomic E-state index is 0. The molecule has 2 atom stereocenters. The molecule has 1 amide bonds. The number of hydrogen-bond donors (Lipinski definition) is 2. The molecular formula is C16H26Cl2N4O. The summed E-state index contributed by atoms with van der Waals surface area (Å²) in [4.78, 5) is 19.2. The van der Waals surface area contributed by atoms with Crippen molar-refractivity contribution in [1.82, 2.24) is 15.2 Å². The van der Waals surface area contributed by atoms with Crippen LogP contribution in [0.5, 0.6) is 0 Å². The van der Waals surface area contributed by atoms with E-state index in [0.29, 0.717) is 23.5 Å². The van der Waals surface area contributed by atoms with Gasteiger partial charge in [0.05, 0.1) is 5.56 Å². The first-order valence-corrected chi connectivity index (χ1v) is 7.90. The summed E-state index contributed by atoms with van der Waals surface area (Å²) in [6, 6.07) is 5.01. The third kappa shape index (κ3) is 4.72. The minimum atomic E-state index is 0. The topological polar surface area (TPSA) is 57.3 Å². The molecule has 1 aromatic heterocycles. The van der Waals surface area contributed by atoms with Crippen molar-refractivity contribution >= 4 is 36.5 Å². The van der Waals surface area contributed by atoms with Gasteiger partial charge < -0.3 is 15.5 Å². The smallest absolute Gasteiger partial charge is 0.257 e. The Labute approximate surface area is 150 Å². The molecule has 7 heteroatoms. The summed E-state index contributed by atoms with van der Waals surface area (Å²) < 4.78 is 0. The van der Waals surface area contributed by atoms with Crippen molar-refractivity contribution in [2.75, 3.05) is 18.4 Å². The standard InChI is InChI=1S/C16H24N4O.2ClH/c1-11(2)18-15-14(4-3-8-17-15)16(21)20-9-7-12-5-6-13(10-20)19-12;;/h3-4,8,11-13,19H,5-7,9-10H2,1-2H3,(H,17,18);2*1H. The number of amides is 1. The van der Waals surface area contributed by atoms with Crippen molar-refractivity contribution in [3.63, 3.8) is 0 Å². The summed E-state index contributed by atoms with van der Waals surface area (Å²) in [5.41, 5.74) is 0.684. The Morgan fingerprint density at radius 1 is 1.30 bits per heavy atom. The Morgan fingerprint density at radius 2 is 2.04 bits per heavy atom. The maximum absolute atomic E-state index is 12.8. The quantitative estimate of drug-likeness (QED) is 0.869. The molecule has 0 aliphatic carbocycles. The highest BCUT2D eigenvalue weighted by Crippen LogP contribution is 2.23. The molecule has 23 heavy (non-hydrogen) atoms. The van der Waals surface area contributed by atoms with Gasteiger partial charge in [-0.15, -0.1) is 24.8 Å². The normalized spacial score (nSPS) is 22.8. The van der Waals surface area contributed by atoms with Crippen LogP contribution in [0, 0.1) is 0 Å². The highest BCUT2D eigenvalue weighted by Gasteiger charge is 2.32. The lowest BCUT2D eigenvalue weighted by Gasteiger charge is -2.25. The van der Waals surface area contributed by atoms with Gasteiger partial charge in [-0.05, 0) is 45.2 Å².